The minimum atomic E-state index is -0.0725. The van der Waals surface area contributed by atoms with Gasteiger partial charge in [0, 0.05) is 6.54 Å². The summed E-state index contributed by atoms with van der Waals surface area (Å²) in [4.78, 5) is 12.3. The molecular weight excluding hydrogens is 286 g/mol. The lowest BCUT2D eigenvalue weighted by Gasteiger charge is -2.07. The molecule has 0 fully saturated rings. The normalized spacial score (nSPS) is 10.7. The van der Waals surface area contributed by atoms with Crippen LogP contribution in [0, 0.1) is 6.92 Å². The fourth-order valence-electron chi connectivity index (χ4n) is 2.37. The molecule has 0 atom stereocenters. The highest BCUT2D eigenvalue weighted by Gasteiger charge is 2.21. The van der Waals surface area contributed by atoms with Crippen LogP contribution in [0.3, 0.4) is 0 Å². The van der Waals surface area contributed by atoms with Gasteiger partial charge in [-0.3, -0.25) is 4.79 Å². The second-order valence-electron chi connectivity index (χ2n) is 4.88. The van der Waals surface area contributed by atoms with Gasteiger partial charge in [-0.05, 0) is 32.4 Å². The lowest BCUT2D eigenvalue weighted by molar-refractivity contribution is 0.0954. The van der Waals surface area contributed by atoms with E-state index < -0.39 is 0 Å². The smallest absolute Gasteiger partial charge is 0.255 e. The number of carbonyl (C=O) groups is 1. The molecule has 21 heavy (non-hydrogen) atoms. The fraction of sp³-hybridized carbons (Fsp3) is 0.375. The maximum atomic E-state index is 12.3. The SMILES string of the molecule is CCCc1nn(-c2ccccc2Cl)c(C)c1C(=O)NCC. The van der Waals surface area contributed by atoms with E-state index in [0.717, 1.165) is 29.9 Å². The summed E-state index contributed by atoms with van der Waals surface area (Å²) in [5.74, 6) is -0.0725. The van der Waals surface area contributed by atoms with Gasteiger partial charge in [0.25, 0.3) is 5.91 Å². The Morgan fingerprint density at radius 3 is 2.67 bits per heavy atom. The number of carbonyl (C=O) groups excluding carboxylic acids is 1. The van der Waals surface area contributed by atoms with Crippen LogP contribution in [-0.2, 0) is 6.42 Å². The average molecular weight is 306 g/mol. The second kappa shape index (κ2) is 6.76. The number of rotatable bonds is 5. The van der Waals surface area contributed by atoms with Gasteiger partial charge >= 0.3 is 0 Å². The van der Waals surface area contributed by atoms with Gasteiger partial charge in [0.1, 0.15) is 0 Å². The highest BCUT2D eigenvalue weighted by Crippen LogP contribution is 2.24. The van der Waals surface area contributed by atoms with Crippen LogP contribution >= 0.6 is 11.6 Å². The Labute approximate surface area is 130 Å². The van der Waals surface area contributed by atoms with Gasteiger partial charge in [-0.2, -0.15) is 5.10 Å². The first kappa shape index (κ1) is 15.6. The largest absolute Gasteiger partial charge is 0.352 e. The Bertz CT molecular complexity index is 649. The van der Waals surface area contributed by atoms with Gasteiger partial charge in [-0.15, -0.1) is 0 Å². The van der Waals surface area contributed by atoms with Crippen LogP contribution in [0.2, 0.25) is 5.02 Å². The highest BCUT2D eigenvalue weighted by atomic mass is 35.5. The number of aromatic nitrogens is 2. The van der Waals surface area contributed by atoms with Gasteiger partial charge in [0.05, 0.1) is 27.7 Å². The first-order valence-corrected chi connectivity index (χ1v) is 7.59. The van der Waals surface area contributed by atoms with E-state index in [1.165, 1.54) is 0 Å². The molecule has 112 valence electrons. The lowest BCUT2D eigenvalue weighted by Crippen LogP contribution is -2.24. The molecule has 1 amide bonds. The van der Waals surface area contributed by atoms with Crippen LogP contribution in [0.25, 0.3) is 5.69 Å². The minimum absolute atomic E-state index is 0.0725. The molecule has 4 nitrogen and oxygen atoms in total. The van der Waals surface area contributed by atoms with Crippen molar-refractivity contribution < 1.29 is 4.79 Å². The van der Waals surface area contributed by atoms with E-state index >= 15 is 0 Å². The predicted octanol–water partition coefficient (Wildman–Crippen LogP) is 3.54. The molecule has 0 radical (unpaired) electrons. The van der Waals surface area contributed by atoms with Crippen molar-refractivity contribution in [2.75, 3.05) is 6.54 Å². The number of amides is 1. The molecule has 0 saturated carbocycles. The first-order chi connectivity index (χ1) is 10.1. The number of benzene rings is 1. The summed E-state index contributed by atoms with van der Waals surface area (Å²) in [6.07, 6.45) is 1.70. The fourth-order valence-corrected chi connectivity index (χ4v) is 2.59. The van der Waals surface area contributed by atoms with Gasteiger partial charge in [-0.25, -0.2) is 4.68 Å². The minimum Gasteiger partial charge on any atom is -0.352 e. The molecule has 0 bridgehead atoms. The third-order valence-electron chi connectivity index (χ3n) is 3.32. The number of para-hydroxylation sites is 1. The van der Waals surface area contributed by atoms with Gasteiger partial charge < -0.3 is 5.32 Å². The molecule has 1 aromatic heterocycles. The number of aryl methyl sites for hydroxylation is 1. The number of halogens is 1. The highest BCUT2D eigenvalue weighted by molar-refractivity contribution is 6.32. The summed E-state index contributed by atoms with van der Waals surface area (Å²) in [5, 5.41) is 8.08. The number of hydrogen-bond donors (Lipinski definition) is 1. The molecule has 2 rings (SSSR count). The van der Waals surface area contributed by atoms with Crippen molar-refractivity contribution in [3.63, 3.8) is 0 Å². The standard InChI is InChI=1S/C16H20ClN3O/c1-4-8-13-15(16(21)18-5-2)11(3)20(19-13)14-10-7-6-9-12(14)17/h6-7,9-10H,4-5,8H2,1-3H3,(H,18,21). The molecule has 0 aliphatic heterocycles. The Balaban J connectivity index is 2.56. The first-order valence-electron chi connectivity index (χ1n) is 7.21. The zero-order valence-corrected chi connectivity index (χ0v) is 13.4. The summed E-state index contributed by atoms with van der Waals surface area (Å²) < 4.78 is 1.76. The van der Waals surface area contributed by atoms with E-state index in [0.29, 0.717) is 17.1 Å². The molecule has 1 heterocycles. The zero-order chi connectivity index (χ0) is 15.4. The van der Waals surface area contributed by atoms with Crippen molar-refractivity contribution in [3.05, 3.63) is 46.2 Å². The molecule has 0 saturated heterocycles. The number of nitrogens with zero attached hydrogens (tertiary/aromatic N) is 2. The van der Waals surface area contributed by atoms with Gasteiger partial charge in [0.2, 0.25) is 0 Å². The molecule has 1 N–H and O–H groups in total. The monoisotopic (exact) mass is 305 g/mol. The maximum Gasteiger partial charge on any atom is 0.255 e. The van der Waals surface area contributed by atoms with Crippen LogP contribution in [0.4, 0.5) is 0 Å². The van der Waals surface area contributed by atoms with E-state index in [9.17, 15) is 4.79 Å². The number of nitrogens with one attached hydrogen (secondary N) is 1. The van der Waals surface area contributed by atoms with Crippen molar-refractivity contribution in [2.24, 2.45) is 0 Å². The van der Waals surface area contributed by atoms with E-state index in [2.05, 4.69) is 17.3 Å². The van der Waals surface area contributed by atoms with Crippen molar-refractivity contribution in [2.45, 2.75) is 33.6 Å². The van der Waals surface area contributed by atoms with Crippen molar-refractivity contribution in [1.29, 1.82) is 0 Å². The number of hydrogen-bond acceptors (Lipinski definition) is 2. The van der Waals surface area contributed by atoms with Crippen LogP contribution in [0.1, 0.15) is 42.0 Å². The lowest BCUT2D eigenvalue weighted by atomic mass is 10.1. The van der Waals surface area contributed by atoms with E-state index in [1.54, 1.807) is 4.68 Å². The third kappa shape index (κ3) is 3.10. The third-order valence-corrected chi connectivity index (χ3v) is 3.64. The summed E-state index contributed by atoms with van der Waals surface area (Å²) >= 11 is 6.25. The summed E-state index contributed by atoms with van der Waals surface area (Å²) in [6, 6.07) is 7.51. The Morgan fingerprint density at radius 2 is 2.05 bits per heavy atom. The Morgan fingerprint density at radius 1 is 1.33 bits per heavy atom. The van der Waals surface area contributed by atoms with Crippen LogP contribution in [0.15, 0.2) is 24.3 Å². The molecular formula is C16H20ClN3O. The summed E-state index contributed by atoms with van der Waals surface area (Å²) in [7, 11) is 0. The van der Waals surface area contributed by atoms with Crippen molar-refractivity contribution in [1.82, 2.24) is 15.1 Å². The summed E-state index contributed by atoms with van der Waals surface area (Å²) in [6.45, 7) is 6.48. The summed E-state index contributed by atoms with van der Waals surface area (Å²) in [5.41, 5.74) is 3.10. The van der Waals surface area contributed by atoms with Crippen LogP contribution < -0.4 is 5.32 Å². The second-order valence-corrected chi connectivity index (χ2v) is 5.29. The molecule has 0 aliphatic carbocycles. The average Bonchev–Trinajstić information content (AvgIpc) is 2.77. The Kier molecular flexibility index (Phi) is 5.02. The predicted molar refractivity (Wildman–Crippen MR) is 85.3 cm³/mol. The van der Waals surface area contributed by atoms with Gasteiger partial charge in [0.15, 0.2) is 0 Å². The molecule has 0 unspecified atom stereocenters. The van der Waals surface area contributed by atoms with E-state index in [-0.39, 0.29) is 5.91 Å². The van der Waals surface area contributed by atoms with Crippen molar-refractivity contribution in [3.8, 4) is 5.69 Å². The molecule has 2 aromatic rings. The topological polar surface area (TPSA) is 46.9 Å². The zero-order valence-electron chi connectivity index (χ0n) is 12.6. The molecule has 0 aliphatic rings. The van der Waals surface area contributed by atoms with Crippen LogP contribution in [-0.4, -0.2) is 22.2 Å². The van der Waals surface area contributed by atoms with E-state index in [1.807, 2.05) is 38.1 Å². The molecule has 1 aromatic carbocycles. The molecule has 0 spiro atoms. The maximum absolute atomic E-state index is 12.3. The molecule has 5 heteroatoms. The van der Waals surface area contributed by atoms with E-state index in [4.69, 9.17) is 11.6 Å². The Hall–Kier alpha value is -1.81. The van der Waals surface area contributed by atoms with Gasteiger partial charge in [-0.1, -0.05) is 37.1 Å². The van der Waals surface area contributed by atoms with Crippen LogP contribution in [0.5, 0.6) is 0 Å². The van der Waals surface area contributed by atoms with Crippen molar-refractivity contribution >= 4 is 17.5 Å². The quantitative estimate of drug-likeness (QED) is 0.918.